The number of nitrogens with zero attached hydrogens (tertiary/aromatic N) is 3. The Hall–Kier alpha value is -3.15. The highest BCUT2D eigenvalue weighted by molar-refractivity contribution is 7.12. The van der Waals surface area contributed by atoms with Gasteiger partial charge in [0, 0.05) is 32.2 Å². The van der Waals surface area contributed by atoms with Crippen LogP contribution in [0.1, 0.15) is 22.2 Å². The van der Waals surface area contributed by atoms with Crippen LogP contribution in [0.2, 0.25) is 0 Å². The fourth-order valence-electron chi connectivity index (χ4n) is 3.29. The molecular formula is C19H19F3N4O4S. The van der Waals surface area contributed by atoms with E-state index in [4.69, 9.17) is 0 Å². The van der Waals surface area contributed by atoms with E-state index >= 15 is 0 Å². The maximum Gasteiger partial charge on any atom is 0.416 e. The molecule has 2 amide bonds. The van der Waals surface area contributed by atoms with E-state index in [9.17, 15) is 32.9 Å². The average Bonchev–Trinajstić information content (AvgIpc) is 3.27. The van der Waals surface area contributed by atoms with Gasteiger partial charge in [0.05, 0.1) is 15.4 Å². The lowest BCUT2D eigenvalue weighted by Crippen LogP contribution is -2.54. The second-order valence-electron chi connectivity index (χ2n) is 6.94. The second-order valence-corrected chi connectivity index (χ2v) is 7.89. The van der Waals surface area contributed by atoms with Crippen LogP contribution in [-0.4, -0.2) is 53.9 Å². The van der Waals surface area contributed by atoms with Crippen LogP contribution in [0, 0.1) is 10.1 Å². The minimum Gasteiger partial charge on any atom is -0.362 e. The summed E-state index contributed by atoms with van der Waals surface area (Å²) in [6.07, 6.45) is -4.68. The lowest BCUT2D eigenvalue weighted by atomic mass is 10.1. The van der Waals surface area contributed by atoms with Gasteiger partial charge in [-0.15, -0.1) is 11.3 Å². The van der Waals surface area contributed by atoms with Crippen LogP contribution in [0.5, 0.6) is 0 Å². The molecule has 2 heterocycles. The molecule has 1 aliphatic rings. The molecule has 1 aromatic heterocycles. The van der Waals surface area contributed by atoms with Crippen molar-refractivity contribution in [2.75, 3.05) is 31.1 Å². The Balaban J connectivity index is 1.64. The Morgan fingerprint density at radius 3 is 2.42 bits per heavy atom. The summed E-state index contributed by atoms with van der Waals surface area (Å²) in [5.74, 6) is -0.652. The summed E-state index contributed by atoms with van der Waals surface area (Å²) in [5, 5.41) is 15.7. The Morgan fingerprint density at radius 2 is 1.87 bits per heavy atom. The highest BCUT2D eigenvalue weighted by atomic mass is 32.1. The predicted molar refractivity (Wildman–Crippen MR) is 108 cm³/mol. The number of piperazine rings is 1. The third-order valence-corrected chi connectivity index (χ3v) is 5.76. The molecule has 8 nitrogen and oxygen atoms in total. The molecule has 1 unspecified atom stereocenters. The lowest BCUT2D eigenvalue weighted by molar-refractivity contribution is -0.384. The van der Waals surface area contributed by atoms with Crippen molar-refractivity contribution in [1.29, 1.82) is 0 Å². The zero-order valence-electron chi connectivity index (χ0n) is 16.4. The number of nitrogens with one attached hydrogen (secondary N) is 1. The normalized spacial score (nSPS) is 15.5. The van der Waals surface area contributed by atoms with Gasteiger partial charge in [-0.25, -0.2) is 0 Å². The van der Waals surface area contributed by atoms with Gasteiger partial charge in [0.15, 0.2) is 0 Å². The average molecular weight is 456 g/mol. The van der Waals surface area contributed by atoms with Gasteiger partial charge in [-0.3, -0.25) is 19.7 Å². The van der Waals surface area contributed by atoms with Crippen molar-refractivity contribution < 1.29 is 27.7 Å². The molecule has 1 N–H and O–H groups in total. The predicted octanol–water partition coefficient (Wildman–Crippen LogP) is 3.14. The summed E-state index contributed by atoms with van der Waals surface area (Å²) in [6, 6.07) is 5.03. The van der Waals surface area contributed by atoms with Crippen molar-refractivity contribution in [3.8, 4) is 0 Å². The summed E-state index contributed by atoms with van der Waals surface area (Å²) < 4.78 is 38.7. The molecule has 1 aliphatic heterocycles. The molecule has 12 heteroatoms. The number of carbonyl (C=O) groups excluding carboxylic acids is 2. The molecule has 1 aromatic carbocycles. The first kappa shape index (κ1) is 22.5. The van der Waals surface area contributed by atoms with E-state index in [1.807, 2.05) is 0 Å². The van der Waals surface area contributed by atoms with Crippen molar-refractivity contribution in [3.05, 3.63) is 56.3 Å². The molecule has 0 spiro atoms. The standard InChI is InChI=1S/C19H19F3N4O4S/c1-12(23-17(27)16-3-2-10-31-16)18(28)25-8-6-24(7-9-25)14-5-4-13(19(20,21)22)11-15(14)26(29)30/h2-5,10-12H,6-9H2,1H3,(H,23,27). The van der Waals surface area contributed by atoms with Gasteiger partial charge < -0.3 is 15.1 Å². The van der Waals surface area contributed by atoms with Gasteiger partial charge in [0.1, 0.15) is 11.7 Å². The fourth-order valence-corrected chi connectivity index (χ4v) is 3.92. The maximum absolute atomic E-state index is 12.9. The number of hydrogen-bond acceptors (Lipinski definition) is 6. The largest absolute Gasteiger partial charge is 0.416 e. The molecule has 0 bridgehead atoms. The smallest absolute Gasteiger partial charge is 0.362 e. The number of amides is 2. The Kier molecular flexibility index (Phi) is 6.48. The summed E-state index contributed by atoms with van der Waals surface area (Å²) in [4.78, 5) is 38.8. The molecule has 3 rings (SSSR count). The molecule has 166 valence electrons. The van der Waals surface area contributed by atoms with Crippen LogP contribution in [0.3, 0.4) is 0 Å². The van der Waals surface area contributed by atoms with E-state index in [1.165, 1.54) is 16.2 Å². The Labute approximate surface area is 179 Å². The summed E-state index contributed by atoms with van der Waals surface area (Å²) in [6.45, 7) is 2.43. The van der Waals surface area contributed by atoms with E-state index < -0.39 is 28.4 Å². The van der Waals surface area contributed by atoms with E-state index in [2.05, 4.69) is 5.32 Å². The van der Waals surface area contributed by atoms with Gasteiger partial charge in [-0.1, -0.05) is 6.07 Å². The van der Waals surface area contributed by atoms with E-state index in [-0.39, 0.29) is 43.7 Å². The number of anilines is 1. The molecular weight excluding hydrogens is 437 g/mol. The van der Waals surface area contributed by atoms with E-state index in [0.717, 1.165) is 12.1 Å². The lowest BCUT2D eigenvalue weighted by Gasteiger charge is -2.37. The van der Waals surface area contributed by atoms with Crippen LogP contribution in [-0.2, 0) is 11.0 Å². The first-order valence-electron chi connectivity index (χ1n) is 9.31. The topological polar surface area (TPSA) is 95.8 Å². The van der Waals surface area contributed by atoms with E-state index in [1.54, 1.807) is 29.3 Å². The first-order chi connectivity index (χ1) is 14.6. The van der Waals surface area contributed by atoms with Crippen molar-refractivity contribution in [3.63, 3.8) is 0 Å². The first-order valence-corrected chi connectivity index (χ1v) is 10.2. The van der Waals surface area contributed by atoms with Crippen molar-refractivity contribution in [2.24, 2.45) is 0 Å². The minimum atomic E-state index is -4.68. The quantitative estimate of drug-likeness (QED) is 0.551. The van der Waals surface area contributed by atoms with Crippen molar-refractivity contribution >= 4 is 34.5 Å². The zero-order chi connectivity index (χ0) is 22.8. The minimum absolute atomic E-state index is 0.0733. The molecule has 31 heavy (non-hydrogen) atoms. The van der Waals surface area contributed by atoms with Crippen LogP contribution in [0.25, 0.3) is 0 Å². The third-order valence-electron chi connectivity index (χ3n) is 4.89. The molecule has 1 saturated heterocycles. The van der Waals surface area contributed by atoms with Gasteiger partial charge >= 0.3 is 6.18 Å². The molecule has 0 saturated carbocycles. The molecule has 0 radical (unpaired) electrons. The number of rotatable bonds is 5. The van der Waals surface area contributed by atoms with Gasteiger partial charge in [-0.05, 0) is 30.5 Å². The zero-order valence-corrected chi connectivity index (χ0v) is 17.2. The maximum atomic E-state index is 12.9. The number of thiophene rings is 1. The van der Waals surface area contributed by atoms with Gasteiger partial charge in [-0.2, -0.15) is 13.2 Å². The number of alkyl halides is 3. The molecule has 1 fully saturated rings. The van der Waals surface area contributed by atoms with Crippen LogP contribution < -0.4 is 10.2 Å². The monoisotopic (exact) mass is 456 g/mol. The van der Waals surface area contributed by atoms with Crippen LogP contribution in [0.4, 0.5) is 24.5 Å². The van der Waals surface area contributed by atoms with Crippen LogP contribution in [0.15, 0.2) is 35.7 Å². The molecule has 0 aliphatic carbocycles. The highest BCUT2D eigenvalue weighted by Crippen LogP contribution is 2.36. The van der Waals surface area contributed by atoms with E-state index in [0.29, 0.717) is 10.9 Å². The number of halogens is 3. The summed E-state index contributed by atoms with van der Waals surface area (Å²) in [7, 11) is 0. The van der Waals surface area contributed by atoms with Crippen LogP contribution >= 0.6 is 11.3 Å². The fraction of sp³-hybridized carbons (Fsp3) is 0.368. The number of carbonyl (C=O) groups is 2. The number of hydrogen-bond donors (Lipinski definition) is 1. The summed E-state index contributed by atoms with van der Waals surface area (Å²) in [5.41, 5.74) is -1.65. The number of nitro groups is 1. The molecule has 1 atom stereocenters. The van der Waals surface area contributed by atoms with Gasteiger partial charge in [0.25, 0.3) is 11.6 Å². The second kappa shape index (κ2) is 8.92. The number of benzene rings is 1. The highest BCUT2D eigenvalue weighted by Gasteiger charge is 2.34. The van der Waals surface area contributed by atoms with Crippen molar-refractivity contribution in [2.45, 2.75) is 19.1 Å². The molecule has 2 aromatic rings. The van der Waals surface area contributed by atoms with Gasteiger partial charge in [0.2, 0.25) is 5.91 Å². The van der Waals surface area contributed by atoms with Crippen molar-refractivity contribution in [1.82, 2.24) is 10.2 Å². The number of nitro benzene ring substituents is 1. The third kappa shape index (κ3) is 5.13. The summed E-state index contributed by atoms with van der Waals surface area (Å²) >= 11 is 1.26. The SMILES string of the molecule is CC(NC(=O)c1cccs1)C(=O)N1CCN(c2ccc(C(F)(F)F)cc2[N+](=O)[O-])CC1. The Bertz CT molecular complexity index is 973. The Morgan fingerprint density at radius 1 is 1.19 bits per heavy atom.